The highest BCUT2D eigenvalue weighted by Crippen LogP contribution is 2.35. The predicted molar refractivity (Wildman–Crippen MR) is 105 cm³/mol. The second-order valence-corrected chi connectivity index (χ2v) is 6.67. The standard InChI is InChI=1S/C18H17ClF2N2O4S/c1-25-15-8-11(7-14(19)17(15)26-2)9-22-27-10-16(24)23-12-3-5-13(6-4-12)28-18(20)21/h3-9,18H,10H2,1-2H3,(H,23,24)/b22-9+. The number of halogens is 3. The van der Waals surface area contributed by atoms with Crippen molar-refractivity contribution in [1.29, 1.82) is 0 Å². The predicted octanol–water partition coefficient (Wildman–Crippen LogP) is 4.66. The van der Waals surface area contributed by atoms with Gasteiger partial charge in [0.1, 0.15) is 0 Å². The molecule has 0 heterocycles. The third kappa shape index (κ3) is 6.58. The van der Waals surface area contributed by atoms with Crippen molar-refractivity contribution in [3.8, 4) is 11.5 Å². The Hall–Kier alpha value is -2.52. The maximum Gasteiger partial charge on any atom is 0.288 e. The third-order valence-corrected chi connectivity index (χ3v) is 4.29. The van der Waals surface area contributed by atoms with Crippen LogP contribution in [0.25, 0.3) is 0 Å². The summed E-state index contributed by atoms with van der Waals surface area (Å²) in [6.45, 7) is -0.328. The number of carbonyl (C=O) groups is 1. The van der Waals surface area contributed by atoms with Crippen molar-refractivity contribution in [2.24, 2.45) is 5.16 Å². The van der Waals surface area contributed by atoms with Gasteiger partial charge >= 0.3 is 0 Å². The van der Waals surface area contributed by atoms with Gasteiger partial charge in [0.2, 0.25) is 0 Å². The van der Waals surface area contributed by atoms with E-state index in [1.54, 1.807) is 12.1 Å². The van der Waals surface area contributed by atoms with Gasteiger partial charge in [-0.3, -0.25) is 4.79 Å². The van der Waals surface area contributed by atoms with E-state index in [0.29, 0.717) is 44.4 Å². The summed E-state index contributed by atoms with van der Waals surface area (Å²) < 4.78 is 34.9. The second kappa shape index (κ2) is 10.7. The van der Waals surface area contributed by atoms with Crippen LogP contribution in [0.4, 0.5) is 14.5 Å². The van der Waals surface area contributed by atoms with Crippen LogP contribution >= 0.6 is 23.4 Å². The van der Waals surface area contributed by atoms with Crippen LogP contribution in [-0.4, -0.2) is 38.7 Å². The van der Waals surface area contributed by atoms with Crippen LogP contribution < -0.4 is 14.8 Å². The molecule has 0 radical (unpaired) electrons. The zero-order valence-corrected chi connectivity index (χ0v) is 16.5. The van der Waals surface area contributed by atoms with Gasteiger partial charge in [0.25, 0.3) is 11.7 Å². The quantitative estimate of drug-likeness (QED) is 0.356. The molecule has 1 amide bonds. The van der Waals surface area contributed by atoms with Crippen molar-refractivity contribution >= 4 is 41.2 Å². The van der Waals surface area contributed by atoms with E-state index in [9.17, 15) is 13.6 Å². The number of benzene rings is 2. The van der Waals surface area contributed by atoms with Crippen LogP contribution in [0.15, 0.2) is 46.4 Å². The van der Waals surface area contributed by atoms with Crippen molar-refractivity contribution in [1.82, 2.24) is 0 Å². The summed E-state index contributed by atoms with van der Waals surface area (Å²) in [7, 11) is 2.96. The summed E-state index contributed by atoms with van der Waals surface area (Å²) in [6.07, 6.45) is 1.37. The average Bonchev–Trinajstić information content (AvgIpc) is 2.66. The largest absolute Gasteiger partial charge is 0.493 e. The number of nitrogens with zero attached hydrogens (tertiary/aromatic N) is 1. The molecule has 0 atom stereocenters. The summed E-state index contributed by atoms with van der Waals surface area (Å²) in [5.74, 6) is -2.11. The van der Waals surface area contributed by atoms with Crippen LogP contribution in [0.1, 0.15) is 5.56 Å². The van der Waals surface area contributed by atoms with E-state index in [2.05, 4.69) is 10.5 Å². The minimum Gasteiger partial charge on any atom is -0.493 e. The monoisotopic (exact) mass is 430 g/mol. The topological polar surface area (TPSA) is 69.2 Å². The molecule has 2 aromatic carbocycles. The number of amides is 1. The lowest BCUT2D eigenvalue weighted by molar-refractivity contribution is -0.120. The highest BCUT2D eigenvalue weighted by molar-refractivity contribution is 7.99. The Morgan fingerprint density at radius 1 is 1.25 bits per heavy atom. The normalized spacial score (nSPS) is 10.9. The molecule has 0 saturated carbocycles. The van der Waals surface area contributed by atoms with E-state index < -0.39 is 11.7 Å². The summed E-state index contributed by atoms with van der Waals surface area (Å²) in [4.78, 5) is 17.2. The van der Waals surface area contributed by atoms with E-state index in [-0.39, 0.29) is 6.61 Å². The lowest BCUT2D eigenvalue weighted by Crippen LogP contribution is -2.16. The van der Waals surface area contributed by atoms with Gasteiger partial charge in [0.15, 0.2) is 18.1 Å². The molecular formula is C18H17ClF2N2O4S. The highest BCUT2D eigenvalue weighted by Gasteiger charge is 2.10. The number of alkyl halides is 2. The molecule has 28 heavy (non-hydrogen) atoms. The molecular weight excluding hydrogens is 414 g/mol. The molecule has 0 bridgehead atoms. The summed E-state index contributed by atoms with van der Waals surface area (Å²) in [6, 6.07) is 9.29. The molecule has 6 nitrogen and oxygen atoms in total. The average molecular weight is 431 g/mol. The van der Waals surface area contributed by atoms with E-state index in [4.69, 9.17) is 25.9 Å². The fraction of sp³-hybridized carbons (Fsp3) is 0.222. The zero-order chi connectivity index (χ0) is 20.5. The fourth-order valence-electron chi connectivity index (χ4n) is 2.12. The maximum absolute atomic E-state index is 12.3. The first-order chi connectivity index (χ1) is 13.4. The maximum atomic E-state index is 12.3. The Morgan fingerprint density at radius 3 is 2.57 bits per heavy atom. The van der Waals surface area contributed by atoms with E-state index in [1.807, 2.05) is 0 Å². The fourth-order valence-corrected chi connectivity index (χ4v) is 2.92. The molecule has 0 aliphatic carbocycles. The van der Waals surface area contributed by atoms with E-state index in [0.717, 1.165) is 0 Å². The number of anilines is 1. The lowest BCUT2D eigenvalue weighted by Gasteiger charge is -2.09. The van der Waals surface area contributed by atoms with Gasteiger partial charge in [0.05, 0.1) is 25.5 Å². The zero-order valence-electron chi connectivity index (χ0n) is 14.9. The number of hydrogen-bond donors (Lipinski definition) is 1. The van der Waals surface area contributed by atoms with Crippen LogP contribution in [-0.2, 0) is 9.63 Å². The summed E-state index contributed by atoms with van der Waals surface area (Å²) in [5, 5.41) is 6.63. The first kappa shape index (κ1) is 21.8. The summed E-state index contributed by atoms with van der Waals surface area (Å²) >= 11 is 6.52. The van der Waals surface area contributed by atoms with Crippen LogP contribution in [0.2, 0.25) is 5.02 Å². The number of ether oxygens (including phenoxy) is 2. The highest BCUT2D eigenvalue weighted by atomic mass is 35.5. The minimum absolute atomic E-state index is 0.328. The SMILES string of the molecule is COc1cc(/C=N/OCC(=O)Nc2ccc(SC(F)F)cc2)cc(Cl)c1OC. The number of methoxy groups -OCH3 is 2. The number of thioether (sulfide) groups is 1. The van der Waals surface area contributed by atoms with Crippen molar-refractivity contribution in [3.05, 3.63) is 47.0 Å². The van der Waals surface area contributed by atoms with Gasteiger partial charge in [-0.05, 0) is 36.4 Å². The summed E-state index contributed by atoms with van der Waals surface area (Å²) in [5.41, 5.74) is 1.05. The molecule has 0 unspecified atom stereocenters. The van der Waals surface area contributed by atoms with Gasteiger partial charge in [-0.2, -0.15) is 8.78 Å². The molecule has 10 heteroatoms. The van der Waals surface area contributed by atoms with Gasteiger partial charge in [-0.25, -0.2) is 0 Å². The molecule has 2 rings (SSSR count). The number of rotatable bonds is 9. The van der Waals surface area contributed by atoms with Crippen molar-refractivity contribution < 1.29 is 27.9 Å². The Morgan fingerprint density at radius 2 is 1.96 bits per heavy atom. The van der Waals surface area contributed by atoms with Gasteiger partial charge in [0, 0.05) is 16.1 Å². The van der Waals surface area contributed by atoms with Crippen LogP contribution in [0.5, 0.6) is 11.5 Å². The molecule has 1 N–H and O–H groups in total. The second-order valence-electron chi connectivity index (χ2n) is 5.20. The molecule has 2 aromatic rings. The van der Waals surface area contributed by atoms with E-state index >= 15 is 0 Å². The van der Waals surface area contributed by atoms with Gasteiger partial charge in [-0.1, -0.05) is 28.5 Å². The Labute approximate surface area is 169 Å². The Kier molecular flexibility index (Phi) is 8.34. The van der Waals surface area contributed by atoms with Crippen molar-refractivity contribution in [2.75, 3.05) is 26.1 Å². The molecule has 0 saturated heterocycles. The van der Waals surface area contributed by atoms with Crippen molar-refractivity contribution in [3.63, 3.8) is 0 Å². The van der Waals surface area contributed by atoms with Gasteiger partial charge in [-0.15, -0.1) is 0 Å². The molecule has 0 aliphatic heterocycles. The molecule has 0 fully saturated rings. The number of oxime groups is 1. The molecule has 0 aliphatic rings. The van der Waals surface area contributed by atoms with Gasteiger partial charge < -0.3 is 19.6 Å². The number of carbonyl (C=O) groups excluding carboxylic acids is 1. The first-order valence-electron chi connectivity index (χ1n) is 7.84. The van der Waals surface area contributed by atoms with Crippen LogP contribution in [0.3, 0.4) is 0 Å². The number of hydrogen-bond acceptors (Lipinski definition) is 6. The lowest BCUT2D eigenvalue weighted by atomic mass is 10.2. The Bertz CT molecular complexity index is 835. The third-order valence-electron chi connectivity index (χ3n) is 3.29. The molecule has 0 aromatic heterocycles. The van der Waals surface area contributed by atoms with E-state index in [1.165, 1.54) is 44.7 Å². The number of nitrogens with one attached hydrogen (secondary N) is 1. The smallest absolute Gasteiger partial charge is 0.288 e. The molecule has 150 valence electrons. The first-order valence-corrected chi connectivity index (χ1v) is 9.10. The Balaban J connectivity index is 1.85. The van der Waals surface area contributed by atoms with Crippen LogP contribution in [0, 0.1) is 0 Å². The minimum atomic E-state index is -2.49. The van der Waals surface area contributed by atoms with Crippen molar-refractivity contribution in [2.45, 2.75) is 10.7 Å². The molecule has 0 spiro atoms.